The molecule has 3 rings (SSSR count). The molecular formula is C16H14N3O4S-. The number of aliphatic carboxylic acids is 1. The summed E-state index contributed by atoms with van der Waals surface area (Å²) in [4.78, 5) is 10.8. The monoisotopic (exact) mass is 344 g/mol. The first-order valence-electron chi connectivity index (χ1n) is 7.10. The van der Waals surface area contributed by atoms with Gasteiger partial charge < -0.3 is 19.1 Å². The van der Waals surface area contributed by atoms with E-state index in [1.807, 2.05) is 30.3 Å². The Kier molecular flexibility index (Phi) is 4.85. The molecule has 3 aromatic rings. The number of thioether (sulfide) groups is 1. The summed E-state index contributed by atoms with van der Waals surface area (Å²) >= 11 is 1.05. The Balaban J connectivity index is 2.03. The fraction of sp³-hybridized carbons (Fsp3) is 0.188. The zero-order valence-corrected chi connectivity index (χ0v) is 13.7. The van der Waals surface area contributed by atoms with Crippen molar-refractivity contribution in [2.24, 2.45) is 0 Å². The lowest BCUT2D eigenvalue weighted by molar-refractivity contribution is -0.301. The van der Waals surface area contributed by atoms with Crippen molar-refractivity contribution in [2.75, 3.05) is 12.9 Å². The number of para-hydroxylation sites is 1. The van der Waals surface area contributed by atoms with Gasteiger partial charge in [-0.2, -0.15) is 0 Å². The van der Waals surface area contributed by atoms with Crippen molar-refractivity contribution in [3.63, 3.8) is 0 Å². The van der Waals surface area contributed by atoms with E-state index in [2.05, 4.69) is 10.2 Å². The van der Waals surface area contributed by atoms with Gasteiger partial charge in [0.2, 0.25) is 0 Å². The van der Waals surface area contributed by atoms with Gasteiger partial charge in [0.15, 0.2) is 11.0 Å². The van der Waals surface area contributed by atoms with Crippen molar-refractivity contribution < 1.29 is 19.1 Å². The lowest BCUT2D eigenvalue weighted by Crippen LogP contribution is -2.24. The van der Waals surface area contributed by atoms with Gasteiger partial charge in [0.05, 0.1) is 31.5 Å². The molecule has 124 valence electrons. The van der Waals surface area contributed by atoms with E-state index >= 15 is 0 Å². The van der Waals surface area contributed by atoms with Crippen LogP contribution in [0.2, 0.25) is 0 Å². The van der Waals surface area contributed by atoms with Crippen LogP contribution in [-0.4, -0.2) is 33.6 Å². The Morgan fingerprint density at radius 2 is 2.12 bits per heavy atom. The first kappa shape index (κ1) is 16.1. The summed E-state index contributed by atoms with van der Waals surface area (Å²) in [5, 5.41) is 19.5. The summed E-state index contributed by atoms with van der Waals surface area (Å²) in [6, 6.07) is 11.1. The van der Waals surface area contributed by atoms with Crippen LogP contribution in [0.25, 0.3) is 11.4 Å². The number of carbonyl (C=O) groups is 1. The third-order valence-electron chi connectivity index (χ3n) is 3.28. The van der Waals surface area contributed by atoms with Crippen LogP contribution >= 0.6 is 11.8 Å². The average molecular weight is 344 g/mol. The fourth-order valence-corrected chi connectivity index (χ4v) is 2.90. The van der Waals surface area contributed by atoms with Crippen LogP contribution in [0.4, 0.5) is 0 Å². The zero-order chi connectivity index (χ0) is 16.9. The fourth-order valence-electron chi connectivity index (χ4n) is 2.25. The lowest BCUT2D eigenvalue weighted by atomic mass is 10.2. The number of hydrogen-bond acceptors (Lipinski definition) is 7. The van der Waals surface area contributed by atoms with Gasteiger partial charge in [-0.1, -0.05) is 23.9 Å². The van der Waals surface area contributed by atoms with Crippen LogP contribution in [-0.2, 0) is 11.3 Å². The molecule has 0 amide bonds. The largest absolute Gasteiger partial charge is 0.549 e. The standard InChI is InChI=1S/C16H15N3O4S/c1-22-13-7-3-2-6-12(13)15-17-18-16(24-10-14(20)21)19(15)9-11-5-4-8-23-11/h2-8H,9-10H2,1H3,(H,20,21)/p-1. The Bertz CT molecular complexity index is 830. The van der Waals surface area contributed by atoms with Gasteiger partial charge in [0.1, 0.15) is 11.5 Å². The van der Waals surface area contributed by atoms with Crippen LogP contribution in [0.3, 0.4) is 0 Å². The number of nitrogens with zero attached hydrogens (tertiary/aromatic N) is 3. The Labute approximate surface area is 142 Å². The van der Waals surface area contributed by atoms with Gasteiger partial charge in [0.25, 0.3) is 0 Å². The number of furan rings is 1. The molecule has 0 saturated heterocycles. The summed E-state index contributed by atoms with van der Waals surface area (Å²) in [5.41, 5.74) is 0.763. The maximum absolute atomic E-state index is 10.8. The SMILES string of the molecule is COc1ccccc1-c1nnc(SCC(=O)[O-])n1Cc1ccco1. The number of carboxylic acid groups (broad SMARTS) is 1. The third-order valence-corrected chi connectivity index (χ3v) is 4.22. The molecule has 0 N–H and O–H groups in total. The van der Waals surface area contributed by atoms with Crippen LogP contribution in [0, 0.1) is 0 Å². The van der Waals surface area contributed by atoms with Crippen molar-refractivity contribution >= 4 is 17.7 Å². The smallest absolute Gasteiger partial charge is 0.192 e. The van der Waals surface area contributed by atoms with Crippen LogP contribution in [0.15, 0.2) is 52.2 Å². The molecule has 7 nitrogen and oxygen atoms in total. The van der Waals surface area contributed by atoms with Crippen LogP contribution in [0.5, 0.6) is 5.75 Å². The summed E-state index contributed by atoms with van der Waals surface area (Å²) in [5.74, 6) is 0.571. The normalized spacial score (nSPS) is 10.7. The minimum Gasteiger partial charge on any atom is -0.549 e. The van der Waals surface area contributed by atoms with E-state index in [9.17, 15) is 9.90 Å². The summed E-state index contributed by atoms with van der Waals surface area (Å²) in [6.07, 6.45) is 1.58. The molecule has 0 spiro atoms. The highest BCUT2D eigenvalue weighted by Crippen LogP contribution is 2.31. The molecule has 0 aliphatic carbocycles. The number of hydrogen-bond donors (Lipinski definition) is 0. The average Bonchev–Trinajstić information content (AvgIpc) is 3.23. The second-order valence-corrected chi connectivity index (χ2v) is 5.78. The number of carbonyl (C=O) groups excluding carboxylic acids is 1. The first-order chi connectivity index (χ1) is 11.7. The predicted octanol–water partition coefficient (Wildman–Crippen LogP) is 1.44. The van der Waals surface area contributed by atoms with Crippen LogP contribution < -0.4 is 9.84 Å². The molecule has 0 atom stereocenters. The number of ether oxygens (including phenoxy) is 1. The van der Waals surface area contributed by atoms with E-state index in [1.54, 1.807) is 24.0 Å². The van der Waals surface area contributed by atoms with Gasteiger partial charge in [-0.15, -0.1) is 10.2 Å². The van der Waals surface area contributed by atoms with Gasteiger partial charge in [-0.05, 0) is 24.3 Å². The molecule has 0 saturated carbocycles. The van der Waals surface area contributed by atoms with E-state index in [-0.39, 0.29) is 5.75 Å². The van der Waals surface area contributed by atoms with Crippen LogP contribution in [0.1, 0.15) is 5.76 Å². The molecule has 24 heavy (non-hydrogen) atoms. The van der Waals surface area contributed by atoms with Crippen molar-refractivity contribution in [2.45, 2.75) is 11.7 Å². The third kappa shape index (κ3) is 3.43. The topological polar surface area (TPSA) is 93.2 Å². The first-order valence-corrected chi connectivity index (χ1v) is 8.09. The highest BCUT2D eigenvalue weighted by molar-refractivity contribution is 7.99. The lowest BCUT2D eigenvalue weighted by Gasteiger charge is -2.11. The summed E-state index contributed by atoms with van der Waals surface area (Å²) in [7, 11) is 1.58. The zero-order valence-electron chi connectivity index (χ0n) is 12.8. The van der Waals surface area contributed by atoms with E-state index in [0.29, 0.717) is 29.0 Å². The quantitative estimate of drug-likeness (QED) is 0.599. The highest BCUT2D eigenvalue weighted by Gasteiger charge is 2.18. The minimum atomic E-state index is -1.16. The van der Waals surface area contributed by atoms with Crippen molar-refractivity contribution in [1.82, 2.24) is 14.8 Å². The predicted molar refractivity (Wildman–Crippen MR) is 85.6 cm³/mol. The Morgan fingerprint density at radius 3 is 2.83 bits per heavy atom. The molecule has 0 aliphatic rings. The van der Waals surface area contributed by atoms with Gasteiger partial charge in [-0.3, -0.25) is 4.57 Å². The second kappa shape index (κ2) is 7.22. The molecule has 1 aromatic carbocycles. The second-order valence-electron chi connectivity index (χ2n) is 4.83. The van der Waals surface area contributed by atoms with Crippen molar-refractivity contribution in [1.29, 1.82) is 0 Å². The van der Waals surface area contributed by atoms with E-state index in [0.717, 1.165) is 17.3 Å². The molecule has 0 bridgehead atoms. The molecule has 0 radical (unpaired) electrons. The van der Waals surface area contributed by atoms with Gasteiger partial charge in [0, 0.05) is 5.75 Å². The molecule has 2 aromatic heterocycles. The molecule has 0 aliphatic heterocycles. The Hall–Kier alpha value is -2.74. The number of benzene rings is 1. The van der Waals surface area contributed by atoms with Crippen molar-refractivity contribution in [3.05, 3.63) is 48.4 Å². The minimum absolute atomic E-state index is 0.206. The summed E-state index contributed by atoms with van der Waals surface area (Å²) < 4.78 is 12.6. The maximum Gasteiger partial charge on any atom is 0.192 e. The van der Waals surface area contributed by atoms with Gasteiger partial charge >= 0.3 is 0 Å². The highest BCUT2D eigenvalue weighted by atomic mass is 32.2. The number of rotatable bonds is 7. The summed E-state index contributed by atoms with van der Waals surface area (Å²) in [6.45, 7) is 0.378. The molecule has 0 fully saturated rings. The van der Waals surface area contributed by atoms with E-state index in [4.69, 9.17) is 9.15 Å². The molecule has 2 heterocycles. The van der Waals surface area contributed by atoms with Gasteiger partial charge in [-0.25, -0.2) is 0 Å². The maximum atomic E-state index is 10.8. The number of aromatic nitrogens is 3. The van der Waals surface area contributed by atoms with E-state index < -0.39 is 5.97 Å². The molecule has 0 unspecified atom stereocenters. The number of methoxy groups -OCH3 is 1. The van der Waals surface area contributed by atoms with Crippen molar-refractivity contribution in [3.8, 4) is 17.1 Å². The Morgan fingerprint density at radius 1 is 1.29 bits per heavy atom. The molecule has 8 heteroatoms. The number of carboxylic acids is 1. The molecular weight excluding hydrogens is 330 g/mol. The van der Waals surface area contributed by atoms with E-state index in [1.165, 1.54) is 0 Å².